The Labute approximate surface area is 140 Å². The van der Waals surface area contributed by atoms with Gasteiger partial charge in [-0.1, -0.05) is 0 Å². The molecular weight excluding hydrogens is 304 g/mol. The molecule has 1 amide bonds. The lowest BCUT2D eigenvalue weighted by molar-refractivity contribution is 0.0996. The standard InChI is InChI=1S/C18H20N4O2/c1-12(2)21-7-8-22-15-6-5-13(10-14(15)20-17(22)11-21)19-18(23)16-4-3-9-24-16/h3-6,9-10,12H,7-8,11H2,1-2H3,(H,19,23). The fourth-order valence-corrected chi connectivity index (χ4v) is 3.16. The Bertz CT molecular complexity index is 880. The molecule has 2 aromatic heterocycles. The minimum atomic E-state index is -0.255. The molecule has 0 radical (unpaired) electrons. The number of hydrogen-bond acceptors (Lipinski definition) is 4. The normalized spacial score (nSPS) is 15.0. The zero-order chi connectivity index (χ0) is 16.7. The van der Waals surface area contributed by atoms with Gasteiger partial charge in [-0.2, -0.15) is 0 Å². The van der Waals surface area contributed by atoms with Crippen LogP contribution in [0.2, 0.25) is 0 Å². The minimum absolute atomic E-state index is 0.255. The van der Waals surface area contributed by atoms with Gasteiger partial charge < -0.3 is 14.3 Å². The Morgan fingerprint density at radius 1 is 1.29 bits per heavy atom. The summed E-state index contributed by atoms with van der Waals surface area (Å²) in [6.45, 7) is 7.26. The highest BCUT2D eigenvalue weighted by atomic mass is 16.3. The lowest BCUT2D eigenvalue weighted by atomic mass is 10.2. The van der Waals surface area contributed by atoms with Gasteiger partial charge in [0.2, 0.25) is 0 Å². The van der Waals surface area contributed by atoms with Gasteiger partial charge in [-0.05, 0) is 44.2 Å². The SMILES string of the molecule is CC(C)N1CCn2c(nc3cc(NC(=O)c4ccco4)ccc32)C1. The van der Waals surface area contributed by atoms with Crippen molar-refractivity contribution in [1.82, 2.24) is 14.5 Å². The van der Waals surface area contributed by atoms with E-state index >= 15 is 0 Å². The van der Waals surface area contributed by atoms with E-state index in [0.29, 0.717) is 11.8 Å². The van der Waals surface area contributed by atoms with Gasteiger partial charge in [0.25, 0.3) is 5.91 Å². The summed E-state index contributed by atoms with van der Waals surface area (Å²) in [5, 5.41) is 2.85. The number of hydrogen-bond donors (Lipinski definition) is 1. The van der Waals surface area contributed by atoms with E-state index in [9.17, 15) is 4.79 Å². The second kappa shape index (κ2) is 5.79. The van der Waals surface area contributed by atoms with E-state index in [-0.39, 0.29) is 5.91 Å². The van der Waals surface area contributed by atoms with E-state index in [1.807, 2.05) is 18.2 Å². The molecule has 0 unspecified atom stereocenters. The molecule has 6 heteroatoms. The van der Waals surface area contributed by atoms with Crippen molar-refractivity contribution in [3.05, 3.63) is 48.2 Å². The summed E-state index contributed by atoms with van der Waals surface area (Å²) in [6.07, 6.45) is 1.49. The topological polar surface area (TPSA) is 63.3 Å². The summed E-state index contributed by atoms with van der Waals surface area (Å²) in [5.74, 6) is 1.13. The van der Waals surface area contributed by atoms with Gasteiger partial charge >= 0.3 is 0 Å². The first kappa shape index (κ1) is 15.0. The Morgan fingerprint density at radius 2 is 2.17 bits per heavy atom. The molecule has 124 valence electrons. The van der Waals surface area contributed by atoms with Crippen molar-refractivity contribution in [2.75, 3.05) is 11.9 Å². The van der Waals surface area contributed by atoms with Crippen molar-refractivity contribution < 1.29 is 9.21 Å². The molecule has 1 aliphatic rings. The molecule has 3 aromatic rings. The Kier molecular flexibility index (Phi) is 3.61. The van der Waals surface area contributed by atoms with E-state index in [0.717, 1.165) is 42.2 Å². The average Bonchev–Trinajstić information content (AvgIpc) is 3.21. The van der Waals surface area contributed by atoms with Crippen molar-refractivity contribution in [3.8, 4) is 0 Å². The average molecular weight is 324 g/mol. The maximum Gasteiger partial charge on any atom is 0.291 e. The Morgan fingerprint density at radius 3 is 2.92 bits per heavy atom. The number of fused-ring (bicyclic) bond motifs is 3. The molecule has 0 bridgehead atoms. The first-order chi connectivity index (χ1) is 11.6. The minimum Gasteiger partial charge on any atom is -0.459 e. The Balaban J connectivity index is 1.61. The summed E-state index contributed by atoms with van der Waals surface area (Å²) >= 11 is 0. The predicted octanol–water partition coefficient (Wildman–Crippen LogP) is 3.11. The quantitative estimate of drug-likeness (QED) is 0.804. The van der Waals surface area contributed by atoms with Crippen LogP contribution in [0.4, 0.5) is 5.69 Å². The van der Waals surface area contributed by atoms with E-state index in [4.69, 9.17) is 9.40 Å². The highest BCUT2D eigenvalue weighted by molar-refractivity contribution is 6.03. The maximum absolute atomic E-state index is 12.1. The molecule has 0 spiro atoms. The van der Waals surface area contributed by atoms with Crippen molar-refractivity contribution in [1.29, 1.82) is 0 Å². The highest BCUT2D eigenvalue weighted by Gasteiger charge is 2.21. The number of imidazole rings is 1. The molecule has 1 aromatic carbocycles. The smallest absolute Gasteiger partial charge is 0.291 e. The number of aromatic nitrogens is 2. The van der Waals surface area contributed by atoms with Crippen molar-refractivity contribution in [3.63, 3.8) is 0 Å². The number of carbonyl (C=O) groups excluding carboxylic acids is 1. The highest BCUT2D eigenvalue weighted by Crippen LogP contribution is 2.24. The van der Waals surface area contributed by atoms with Crippen LogP contribution < -0.4 is 5.32 Å². The predicted molar refractivity (Wildman–Crippen MR) is 91.9 cm³/mol. The van der Waals surface area contributed by atoms with E-state index < -0.39 is 0 Å². The fourth-order valence-electron chi connectivity index (χ4n) is 3.16. The number of furan rings is 1. The van der Waals surface area contributed by atoms with Crippen LogP contribution in [0.15, 0.2) is 41.0 Å². The van der Waals surface area contributed by atoms with E-state index in [2.05, 4.69) is 28.6 Å². The zero-order valence-corrected chi connectivity index (χ0v) is 13.8. The number of nitrogens with zero attached hydrogens (tertiary/aromatic N) is 3. The summed E-state index contributed by atoms with van der Waals surface area (Å²) in [7, 11) is 0. The molecule has 3 heterocycles. The van der Waals surface area contributed by atoms with Gasteiger partial charge in [-0.15, -0.1) is 0 Å². The van der Waals surface area contributed by atoms with Crippen LogP contribution in [0.1, 0.15) is 30.2 Å². The number of benzene rings is 1. The number of carbonyl (C=O) groups is 1. The summed E-state index contributed by atoms with van der Waals surface area (Å²) < 4.78 is 7.39. The van der Waals surface area contributed by atoms with E-state index in [1.54, 1.807) is 12.1 Å². The molecule has 0 aliphatic carbocycles. The number of nitrogens with one attached hydrogen (secondary N) is 1. The van der Waals surface area contributed by atoms with Crippen molar-refractivity contribution in [2.24, 2.45) is 0 Å². The van der Waals surface area contributed by atoms with Crippen molar-refractivity contribution >= 4 is 22.6 Å². The fraction of sp³-hybridized carbons (Fsp3) is 0.333. The zero-order valence-electron chi connectivity index (χ0n) is 13.8. The van der Waals surface area contributed by atoms with Crippen molar-refractivity contribution in [2.45, 2.75) is 33.0 Å². The van der Waals surface area contributed by atoms with Gasteiger partial charge in [-0.3, -0.25) is 9.69 Å². The van der Waals surface area contributed by atoms with Crippen LogP contribution in [0.3, 0.4) is 0 Å². The van der Waals surface area contributed by atoms with Gasteiger partial charge in [-0.25, -0.2) is 4.98 Å². The van der Waals surface area contributed by atoms with Crippen LogP contribution in [0, 0.1) is 0 Å². The third-order valence-corrected chi connectivity index (χ3v) is 4.52. The largest absolute Gasteiger partial charge is 0.459 e. The molecule has 0 saturated carbocycles. The molecule has 6 nitrogen and oxygen atoms in total. The van der Waals surface area contributed by atoms with Crippen LogP contribution in [0.5, 0.6) is 0 Å². The summed E-state index contributed by atoms with van der Waals surface area (Å²) in [4.78, 5) is 19.3. The Hall–Kier alpha value is -2.60. The summed E-state index contributed by atoms with van der Waals surface area (Å²) in [6, 6.07) is 9.70. The molecule has 4 rings (SSSR count). The number of anilines is 1. The monoisotopic (exact) mass is 324 g/mol. The van der Waals surface area contributed by atoms with Crippen LogP contribution in [-0.2, 0) is 13.1 Å². The molecular formula is C18H20N4O2. The third-order valence-electron chi connectivity index (χ3n) is 4.52. The molecule has 24 heavy (non-hydrogen) atoms. The van der Waals surface area contributed by atoms with E-state index in [1.165, 1.54) is 6.26 Å². The first-order valence-electron chi connectivity index (χ1n) is 8.20. The molecule has 1 N–H and O–H groups in total. The molecule has 1 aliphatic heterocycles. The van der Waals surface area contributed by atoms with Gasteiger partial charge in [0.15, 0.2) is 5.76 Å². The second-order valence-electron chi connectivity index (χ2n) is 6.38. The van der Waals surface area contributed by atoms with Crippen LogP contribution >= 0.6 is 0 Å². The lowest BCUT2D eigenvalue weighted by Crippen LogP contribution is -2.38. The second-order valence-corrected chi connectivity index (χ2v) is 6.38. The van der Waals surface area contributed by atoms with Crippen LogP contribution in [0.25, 0.3) is 11.0 Å². The molecule has 0 saturated heterocycles. The van der Waals surface area contributed by atoms with Gasteiger partial charge in [0.05, 0.1) is 23.8 Å². The maximum atomic E-state index is 12.1. The molecule has 0 atom stereocenters. The van der Waals surface area contributed by atoms with Gasteiger partial charge in [0, 0.05) is 24.8 Å². The third kappa shape index (κ3) is 2.59. The summed E-state index contributed by atoms with van der Waals surface area (Å²) in [5.41, 5.74) is 2.75. The van der Waals surface area contributed by atoms with Gasteiger partial charge in [0.1, 0.15) is 5.82 Å². The molecule has 0 fully saturated rings. The number of amides is 1. The first-order valence-corrected chi connectivity index (χ1v) is 8.20. The van der Waals surface area contributed by atoms with Crippen LogP contribution in [-0.4, -0.2) is 32.9 Å². The number of rotatable bonds is 3. The lowest BCUT2D eigenvalue weighted by Gasteiger charge is -2.30.